The number of carbonyl (C=O) groups is 1. The molecule has 1 heterocycles. The Morgan fingerprint density at radius 3 is 2.73 bits per heavy atom. The highest BCUT2D eigenvalue weighted by Crippen LogP contribution is 2.27. The van der Waals surface area contributed by atoms with Crippen LogP contribution >= 0.6 is 11.3 Å². The van der Waals surface area contributed by atoms with Crippen LogP contribution in [0.1, 0.15) is 11.1 Å². The molecule has 3 rings (SSSR count). The van der Waals surface area contributed by atoms with E-state index in [0.29, 0.717) is 16.4 Å². The third kappa shape index (κ3) is 4.40. The van der Waals surface area contributed by atoms with E-state index in [1.54, 1.807) is 23.6 Å². The number of hydrogen-bond donors (Lipinski definition) is 1. The van der Waals surface area contributed by atoms with Crippen LogP contribution in [0.25, 0.3) is 17.3 Å². The molecule has 1 amide bonds. The molecular weight excluding hydrogens is 350 g/mol. The smallest absolute Gasteiger partial charge is 0.270 e. The summed E-state index contributed by atoms with van der Waals surface area (Å²) >= 11 is 1.26. The topological polar surface area (TPSA) is 85.1 Å². The van der Waals surface area contributed by atoms with Gasteiger partial charge in [0, 0.05) is 29.2 Å². The van der Waals surface area contributed by atoms with Crippen molar-refractivity contribution < 1.29 is 9.72 Å². The predicted octanol–water partition coefficient (Wildman–Crippen LogP) is 4.68. The van der Waals surface area contributed by atoms with Gasteiger partial charge in [0.2, 0.25) is 5.91 Å². The van der Waals surface area contributed by atoms with Crippen LogP contribution in [0.3, 0.4) is 0 Å². The summed E-state index contributed by atoms with van der Waals surface area (Å²) in [5.41, 5.74) is 3.30. The number of hydrogen-bond acceptors (Lipinski definition) is 5. The zero-order valence-electron chi connectivity index (χ0n) is 13.9. The number of rotatable bonds is 5. The molecule has 0 aliphatic carbocycles. The fraction of sp³-hybridized carbons (Fsp3) is 0.0526. The first-order chi connectivity index (χ1) is 12.5. The molecule has 0 fully saturated rings. The average Bonchev–Trinajstić information content (AvgIpc) is 3.10. The summed E-state index contributed by atoms with van der Waals surface area (Å²) in [5.74, 6) is -0.287. The second kappa shape index (κ2) is 7.71. The van der Waals surface area contributed by atoms with E-state index in [-0.39, 0.29) is 11.6 Å². The second-order valence-electron chi connectivity index (χ2n) is 5.58. The number of aromatic nitrogens is 1. The maximum atomic E-state index is 12.0. The fourth-order valence-corrected chi connectivity index (χ4v) is 2.96. The number of anilines is 1. The van der Waals surface area contributed by atoms with E-state index in [1.807, 2.05) is 31.2 Å². The monoisotopic (exact) mass is 365 g/mol. The quantitative estimate of drug-likeness (QED) is 0.404. The number of amides is 1. The number of thiazole rings is 1. The molecule has 1 aromatic heterocycles. The van der Waals surface area contributed by atoms with Crippen LogP contribution in [0, 0.1) is 17.0 Å². The van der Waals surface area contributed by atoms with Gasteiger partial charge in [-0.1, -0.05) is 42.0 Å². The molecule has 7 heteroatoms. The van der Waals surface area contributed by atoms with Crippen LogP contribution < -0.4 is 5.32 Å². The molecule has 26 heavy (non-hydrogen) atoms. The number of non-ortho nitro benzene ring substituents is 1. The van der Waals surface area contributed by atoms with Crippen molar-refractivity contribution in [2.24, 2.45) is 0 Å². The van der Waals surface area contributed by atoms with E-state index in [9.17, 15) is 14.9 Å². The van der Waals surface area contributed by atoms with Gasteiger partial charge in [-0.2, -0.15) is 0 Å². The highest BCUT2D eigenvalue weighted by atomic mass is 32.1. The average molecular weight is 365 g/mol. The maximum absolute atomic E-state index is 12.0. The summed E-state index contributed by atoms with van der Waals surface area (Å²) in [6.45, 7) is 2.00. The maximum Gasteiger partial charge on any atom is 0.270 e. The standard InChI is InChI=1S/C19H15N3O3S/c1-13-5-7-14(8-6-13)9-10-18(23)21-19-20-17(12-26-19)15-3-2-4-16(11-15)22(24)25/h2-12H,1H3,(H,20,21,23)/b10-9+. The summed E-state index contributed by atoms with van der Waals surface area (Å²) < 4.78 is 0. The van der Waals surface area contributed by atoms with E-state index in [0.717, 1.165) is 11.1 Å². The van der Waals surface area contributed by atoms with Crippen molar-refractivity contribution in [2.75, 3.05) is 5.32 Å². The number of benzene rings is 2. The van der Waals surface area contributed by atoms with Gasteiger partial charge in [-0.25, -0.2) is 4.98 Å². The zero-order valence-corrected chi connectivity index (χ0v) is 14.7. The summed E-state index contributed by atoms with van der Waals surface area (Å²) in [4.78, 5) is 26.8. The number of nitrogens with zero attached hydrogens (tertiary/aromatic N) is 2. The van der Waals surface area contributed by atoms with Gasteiger partial charge in [-0.3, -0.25) is 20.2 Å². The first kappa shape index (κ1) is 17.5. The lowest BCUT2D eigenvalue weighted by atomic mass is 10.1. The van der Waals surface area contributed by atoms with Crippen LogP contribution in [0.15, 0.2) is 60.0 Å². The molecule has 6 nitrogen and oxygen atoms in total. The van der Waals surface area contributed by atoms with E-state index in [4.69, 9.17) is 0 Å². The van der Waals surface area contributed by atoms with Crippen molar-refractivity contribution in [3.63, 3.8) is 0 Å². The van der Waals surface area contributed by atoms with Gasteiger partial charge in [0.15, 0.2) is 5.13 Å². The van der Waals surface area contributed by atoms with Crippen molar-refractivity contribution in [2.45, 2.75) is 6.92 Å². The van der Waals surface area contributed by atoms with E-state index in [1.165, 1.54) is 29.5 Å². The summed E-state index contributed by atoms with van der Waals surface area (Å²) in [7, 11) is 0. The van der Waals surface area contributed by atoms with Gasteiger partial charge in [-0.05, 0) is 18.6 Å². The Kier molecular flexibility index (Phi) is 5.19. The highest BCUT2D eigenvalue weighted by molar-refractivity contribution is 7.14. The lowest BCUT2D eigenvalue weighted by Crippen LogP contribution is -2.07. The Morgan fingerprint density at radius 1 is 1.23 bits per heavy atom. The summed E-state index contributed by atoms with van der Waals surface area (Å²) in [5, 5.41) is 15.7. The van der Waals surface area contributed by atoms with Gasteiger partial charge in [0.1, 0.15) is 0 Å². The van der Waals surface area contributed by atoms with E-state index in [2.05, 4.69) is 10.3 Å². The highest BCUT2D eigenvalue weighted by Gasteiger charge is 2.10. The van der Waals surface area contributed by atoms with E-state index < -0.39 is 4.92 Å². The minimum atomic E-state index is -0.450. The fourth-order valence-electron chi connectivity index (χ4n) is 2.24. The Morgan fingerprint density at radius 2 is 2.00 bits per heavy atom. The number of aryl methyl sites for hydroxylation is 1. The van der Waals surface area contributed by atoms with Crippen molar-refractivity contribution in [3.05, 3.63) is 81.2 Å². The van der Waals surface area contributed by atoms with Crippen molar-refractivity contribution in [3.8, 4) is 11.3 Å². The lowest BCUT2D eigenvalue weighted by Gasteiger charge is -1.98. The largest absolute Gasteiger partial charge is 0.298 e. The molecule has 2 aromatic carbocycles. The van der Waals surface area contributed by atoms with Crippen LogP contribution in [0.5, 0.6) is 0 Å². The SMILES string of the molecule is Cc1ccc(/C=C/C(=O)Nc2nc(-c3cccc([N+](=O)[O-])c3)cs2)cc1. The van der Waals surface area contributed by atoms with Gasteiger partial charge in [0.25, 0.3) is 5.69 Å². The van der Waals surface area contributed by atoms with Gasteiger partial charge < -0.3 is 0 Å². The van der Waals surface area contributed by atoms with Crippen molar-refractivity contribution in [1.29, 1.82) is 0 Å². The molecule has 0 atom stereocenters. The molecular formula is C19H15N3O3S. The normalized spacial score (nSPS) is 10.8. The van der Waals surface area contributed by atoms with Crippen molar-refractivity contribution in [1.82, 2.24) is 4.98 Å². The molecule has 0 unspecified atom stereocenters. The number of carbonyl (C=O) groups excluding carboxylic acids is 1. The molecule has 0 aliphatic heterocycles. The zero-order chi connectivity index (χ0) is 18.5. The molecule has 0 bridgehead atoms. The van der Waals surface area contributed by atoms with Crippen LogP contribution in [-0.4, -0.2) is 15.8 Å². The minimum absolute atomic E-state index is 0.00196. The van der Waals surface area contributed by atoms with Gasteiger partial charge in [0.05, 0.1) is 10.6 Å². The minimum Gasteiger partial charge on any atom is -0.298 e. The van der Waals surface area contributed by atoms with Gasteiger partial charge in [-0.15, -0.1) is 11.3 Å². The lowest BCUT2D eigenvalue weighted by molar-refractivity contribution is -0.384. The van der Waals surface area contributed by atoms with Crippen molar-refractivity contribution >= 4 is 34.1 Å². The third-order valence-corrected chi connectivity index (χ3v) is 4.35. The number of nitro benzene ring substituents is 1. The van der Waals surface area contributed by atoms with E-state index >= 15 is 0 Å². The number of nitro groups is 1. The first-order valence-corrected chi connectivity index (χ1v) is 8.65. The molecule has 130 valence electrons. The summed E-state index contributed by atoms with van der Waals surface area (Å²) in [6, 6.07) is 14.0. The molecule has 0 aliphatic rings. The Hall–Kier alpha value is -3.32. The Bertz CT molecular complexity index is 978. The molecule has 0 saturated carbocycles. The Labute approximate surface area is 154 Å². The third-order valence-electron chi connectivity index (χ3n) is 3.59. The first-order valence-electron chi connectivity index (χ1n) is 7.77. The number of nitrogens with one attached hydrogen (secondary N) is 1. The summed E-state index contributed by atoms with van der Waals surface area (Å²) in [6.07, 6.45) is 3.17. The molecule has 1 N–H and O–H groups in total. The van der Waals surface area contributed by atoms with Crippen LogP contribution in [-0.2, 0) is 4.79 Å². The molecule has 3 aromatic rings. The molecule has 0 spiro atoms. The Balaban J connectivity index is 1.68. The molecule has 0 radical (unpaired) electrons. The molecule has 0 saturated heterocycles. The van der Waals surface area contributed by atoms with Crippen LogP contribution in [0.2, 0.25) is 0 Å². The van der Waals surface area contributed by atoms with Crippen LogP contribution in [0.4, 0.5) is 10.8 Å². The second-order valence-corrected chi connectivity index (χ2v) is 6.44. The predicted molar refractivity (Wildman–Crippen MR) is 103 cm³/mol. The van der Waals surface area contributed by atoms with Gasteiger partial charge >= 0.3 is 0 Å².